The number of carbonyl (C=O) groups is 2. The summed E-state index contributed by atoms with van der Waals surface area (Å²) < 4.78 is 5.91. The summed E-state index contributed by atoms with van der Waals surface area (Å²) in [5, 5.41) is 0. The number of hydrogen-bond donors (Lipinski definition) is 1. The lowest BCUT2D eigenvalue weighted by Crippen LogP contribution is -2.38. The number of likely N-dealkylation sites (tertiary alicyclic amines) is 1. The van der Waals surface area contributed by atoms with E-state index in [1.54, 1.807) is 24.1 Å². The van der Waals surface area contributed by atoms with Crippen molar-refractivity contribution < 1.29 is 14.3 Å². The topological polar surface area (TPSA) is 62.4 Å². The molecule has 1 aliphatic heterocycles. The Labute approximate surface area is 114 Å². The zero-order valence-electron chi connectivity index (χ0n) is 10.1. The van der Waals surface area contributed by atoms with Gasteiger partial charge < -0.3 is 14.6 Å². The first kappa shape index (κ1) is 13.1. The molecule has 1 unspecified atom stereocenters. The fourth-order valence-corrected chi connectivity index (χ4v) is 2.30. The summed E-state index contributed by atoms with van der Waals surface area (Å²) in [6.07, 6.45) is 2.95. The lowest BCUT2D eigenvalue weighted by molar-refractivity contribution is -0.138. The molecule has 0 aliphatic carbocycles. The molecule has 6 heteroatoms. The molecule has 0 radical (unpaired) electrons. The Morgan fingerprint density at radius 2 is 2.11 bits per heavy atom. The molecule has 0 bridgehead atoms. The third kappa shape index (κ3) is 2.93. The normalized spacial score (nSPS) is 16.7. The molecule has 1 amide bonds. The maximum absolute atomic E-state index is 11.9. The Hall–Kier alpha value is -1.30. The van der Waals surface area contributed by atoms with Crippen LogP contribution < -0.4 is 0 Å². The van der Waals surface area contributed by atoms with Crippen molar-refractivity contribution in [3.05, 3.63) is 22.4 Å². The molecule has 1 aliphatic rings. The Balaban J connectivity index is 1.92. The first-order chi connectivity index (χ1) is 8.58. The molecule has 1 fully saturated rings. The zero-order chi connectivity index (χ0) is 13.1. The predicted molar refractivity (Wildman–Crippen MR) is 69.2 cm³/mol. The van der Waals surface area contributed by atoms with Gasteiger partial charge >= 0.3 is 5.97 Å². The second kappa shape index (κ2) is 5.56. The van der Waals surface area contributed by atoms with E-state index in [1.165, 1.54) is 0 Å². The number of carbonyl (C=O) groups excluding carboxylic acids is 2. The number of rotatable bonds is 3. The maximum atomic E-state index is 11.9. The maximum Gasteiger partial charge on any atom is 0.355 e. The molecule has 1 atom stereocenters. The first-order valence-corrected chi connectivity index (χ1v) is 6.71. The average Bonchev–Trinajstić information content (AvgIpc) is 2.98. The van der Waals surface area contributed by atoms with Gasteiger partial charge in [-0.25, -0.2) is 4.79 Å². The van der Waals surface area contributed by atoms with Crippen molar-refractivity contribution in [2.24, 2.45) is 0 Å². The smallest absolute Gasteiger partial charge is 0.355 e. The fraction of sp³-hybridized carbons (Fsp3) is 0.500. The number of ether oxygens (including phenoxy) is 1. The van der Waals surface area contributed by atoms with Crippen LogP contribution >= 0.6 is 15.9 Å². The van der Waals surface area contributed by atoms with Crippen molar-refractivity contribution in [2.75, 3.05) is 13.1 Å². The van der Waals surface area contributed by atoms with Gasteiger partial charge in [-0.2, -0.15) is 0 Å². The van der Waals surface area contributed by atoms with Gasteiger partial charge in [0.2, 0.25) is 0 Å². The molecule has 2 rings (SSSR count). The summed E-state index contributed by atoms with van der Waals surface area (Å²) in [6.45, 7) is 3.13. The van der Waals surface area contributed by atoms with Crippen LogP contribution in [-0.4, -0.2) is 41.0 Å². The summed E-state index contributed by atoms with van der Waals surface area (Å²) in [5.41, 5.74) is 0.336. The number of amides is 1. The van der Waals surface area contributed by atoms with Crippen LogP contribution in [0.4, 0.5) is 0 Å². The van der Waals surface area contributed by atoms with Crippen LogP contribution in [0.1, 0.15) is 30.3 Å². The lowest BCUT2D eigenvalue weighted by Gasteiger charge is -2.20. The highest BCUT2D eigenvalue weighted by Gasteiger charge is 2.26. The molecule has 0 saturated carbocycles. The number of H-pyrrole nitrogens is 1. The molecule has 98 valence electrons. The Morgan fingerprint density at radius 1 is 1.44 bits per heavy atom. The van der Waals surface area contributed by atoms with E-state index in [2.05, 4.69) is 20.9 Å². The van der Waals surface area contributed by atoms with E-state index in [0.717, 1.165) is 30.4 Å². The molecule has 1 aromatic rings. The first-order valence-electron chi connectivity index (χ1n) is 5.91. The summed E-state index contributed by atoms with van der Waals surface area (Å²) in [4.78, 5) is 28.2. The van der Waals surface area contributed by atoms with Crippen molar-refractivity contribution in [3.63, 3.8) is 0 Å². The van der Waals surface area contributed by atoms with E-state index in [9.17, 15) is 9.59 Å². The second-order valence-electron chi connectivity index (χ2n) is 4.31. The number of halogens is 1. The van der Waals surface area contributed by atoms with E-state index in [1.807, 2.05) is 0 Å². The standard InChI is InChI=1S/C12H15BrN2O3/c1-8(11(16)15-4-2-3-5-15)18-12(17)10-6-9(13)7-14-10/h6-8,14H,2-5H2,1H3. The van der Waals surface area contributed by atoms with Crippen LogP contribution in [-0.2, 0) is 9.53 Å². The zero-order valence-corrected chi connectivity index (χ0v) is 11.7. The average molecular weight is 315 g/mol. The molecule has 5 nitrogen and oxygen atoms in total. The molecular formula is C12H15BrN2O3. The van der Waals surface area contributed by atoms with Gasteiger partial charge in [0.1, 0.15) is 5.69 Å². The van der Waals surface area contributed by atoms with E-state index < -0.39 is 12.1 Å². The summed E-state index contributed by atoms with van der Waals surface area (Å²) in [7, 11) is 0. The van der Waals surface area contributed by atoms with Crippen LogP contribution in [0.3, 0.4) is 0 Å². The fourth-order valence-electron chi connectivity index (χ4n) is 1.95. The third-order valence-corrected chi connectivity index (χ3v) is 3.37. The minimum atomic E-state index is -0.738. The van der Waals surface area contributed by atoms with Gasteiger partial charge in [0.25, 0.3) is 5.91 Å². The number of aromatic amines is 1. The minimum absolute atomic E-state index is 0.119. The van der Waals surface area contributed by atoms with Crippen molar-refractivity contribution >= 4 is 27.8 Å². The van der Waals surface area contributed by atoms with Gasteiger partial charge in [-0.05, 0) is 41.8 Å². The van der Waals surface area contributed by atoms with Gasteiger partial charge in [-0.1, -0.05) is 0 Å². The second-order valence-corrected chi connectivity index (χ2v) is 5.23. The van der Waals surface area contributed by atoms with Crippen LogP contribution in [0.5, 0.6) is 0 Å². The van der Waals surface area contributed by atoms with Crippen LogP contribution in [0.15, 0.2) is 16.7 Å². The van der Waals surface area contributed by atoms with Gasteiger partial charge in [-0.15, -0.1) is 0 Å². The highest BCUT2D eigenvalue weighted by atomic mass is 79.9. The monoisotopic (exact) mass is 314 g/mol. The number of nitrogens with one attached hydrogen (secondary N) is 1. The van der Waals surface area contributed by atoms with Gasteiger partial charge in [0.15, 0.2) is 6.10 Å². The molecule has 2 heterocycles. The van der Waals surface area contributed by atoms with E-state index >= 15 is 0 Å². The molecular weight excluding hydrogens is 300 g/mol. The van der Waals surface area contributed by atoms with E-state index in [0.29, 0.717) is 5.69 Å². The predicted octanol–water partition coefficient (Wildman–Crippen LogP) is 1.94. The van der Waals surface area contributed by atoms with E-state index in [4.69, 9.17) is 4.74 Å². The molecule has 1 N–H and O–H groups in total. The van der Waals surface area contributed by atoms with Crippen molar-refractivity contribution in [1.29, 1.82) is 0 Å². The van der Waals surface area contributed by atoms with Crippen LogP contribution in [0.2, 0.25) is 0 Å². The molecule has 1 saturated heterocycles. The summed E-state index contributed by atoms with van der Waals surface area (Å²) >= 11 is 3.24. The number of hydrogen-bond acceptors (Lipinski definition) is 3. The molecule has 1 aromatic heterocycles. The highest BCUT2D eigenvalue weighted by Crippen LogP contribution is 2.14. The lowest BCUT2D eigenvalue weighted by atomic mass is 10.3. The quantitative estimate of drug-likeness (QED) is 0.867. The molecule has 0 aromatic carbocycles. The van der Waals surface area contributed by atoms with Crippen LogP contribution in [0, 0.1) is 0 Å². The SMILES string of the molecule is CC(OC(=O)c1cc(Br)c[nH]1)C(=O)N1CCCC1. The highest BCUT2D eigenvalue weighted by molar-refractivity contribution is 9.10. The summed E-state index contributed by atoms with van der Waals surface area (Å²) in [5.74, 6) is -0.632. The third-order valence-electron chi connectivity index (χ3n) is 2.92. The Morgan fingerprint density at radius 3 is 2.67 bits per heavy atom. The number of nitrogens with zero attached hydrogens (tertiary/aromatic N) is 1. The molecule has 18 heavy (non-hydrogen) atoms. The largest absolute Gasteiger partial charge is 0.448 e. The van der Waals surface area contributed by atoms with Gasteiger partial charge in [0.05, 0.1) is 0 Å². The van der Waals surface area contributed by atoms with E-state index in [-0.39, 0.29) is 5.91 Å². The Kier molecular flexibility index (Phi) is 4.06. The van der Waals surface area contributed by atoms with Crippen molar-refractivity contribution in [1.82, 2.24) is 9.88 Å². The summed E-state index contributed by atoms with van der Waals surface area (Å²) in [6, 6.07) is 1.62. The Bertz CT molecular complexity index is 452. The minimum Gasteiger partial charge on any atom is -0.448 e. The van der Waals surface area contributed by atoms with Crippen molar-refractivity contribution in [2.45, 2.75) is 25.9 Å². The van der Waals surface area contributed by atoms with Gasteiger partial charge in [0, 0.05) is 23.8 Å². The van der Waals surface area contributed by atoms with Crippen LogP contribution in [0.25, 0.3) is 0 Å². The number of esters is 1. The van der Waals surface area contributed by atoms with Gasteiger partial charge in [-0.3, -0.25) is 4.79 Å². The number of aromatic nitrogens is 1. The molecule has 0 spiro atoms. The van der Waals surface area contributed by atoms with Crippen molar-refractivity contribution in [3.8, 4) is 0 Å².